The zero-order valence-electron chi connectivity index (χ0n) is 43.2. The normalized spacial score (nSPS) is 13.5. The van der Waals surface area contributed by atoms with Crippen molar-refractivity contribution < 1.29 is 15.0 Å². The second kappa shape index (κ2) is 55.9. The molecular weight excluding hydrogens is 795 g/mol. The van der Waals surface area contributed by atoms with E-state index in [-0.39, 0.29) is 12.5 Å². The fraction of sp³-hybridized carbons (Fsp3) is 0.754. The first-order chi connectivity index (χ1) is 32.2. The zero-order valence-corrected chi connectivity index (χ0v) is 43.2. The van der Waals surface area contributed by atoms with Gasteiger partial charge in [0.05, 0.1) is 18.8 Å². The van der Waals surface area contributed by atoms with Gasteiger partial charge in [-0.05, 0) is 70.6 Å². The van der Waals surface area contributed by atoms with E-state index in [1.165, 1.54) is 186 Å². The minimum absolute atomic E-state index is 0.106. The van der Waals surface area contributed by atoms with Gasteiger partial charge in [-0.1, -0.05) is 285 Å². The van der Waals surface area contributed by atoms with Crippen LogP contribution in [0, 0.1) is 0 Å². The van der Waals surface area contributed by atoms with E-state index in [0.717, 1.165) is 70.6 Å². The summed E-state index contributed by atoms with van der Waals surface area (Å²) in [6.07, 6.45) is 81.8. The third-order valence-electron chi connectivity index (χ3n) is 12.6. The Labute approximate surface area is 405 Å². The van der Waals surface area contributed by atoms with Gasteiger partial charge in [-0.3, -0.25) is 4.79 Å². The van der Waals surface area contributed by atoms with Gasteiger partial charge in [0.1, 0.15) is 0 Å². The van der Waals surface area contributed by atoms with Crippen LogP contribution in [0.25, 0.3) is 0 Å². The molecule has 4 heteroatoms. The average molecular weight is 905 g/mol. The predicted octanol–water partition coefficient (Wildman–Crippen LogP) is 18.8. The molecule has 4 nitrogen and oxygen atoms in total. The van der Waals surface area contributed by atoms with Crippen molar-refractivity contribution in [1.29, 1.82) is 0 Å². The second-order valence-corrected chi connectivity index (χ2v) is 19.0. The standard InChI is InChI=1S/C61H109NO3/c1-3-5-7-9-11-13-15-17-19-21-23-25-26-27-28-29-30-31-32-33-34-35-37-38-40-42-44-46-48-50-52-54-56-60(64)59(58-63)62-61(65)57-55-53-51-49-47-45-43-41-39-36-24-22-20-18-16-14-12-10-8-6-4-2/h6,8,12,14,18,20,24,36,41,43,47,49,54,56,59-60,63-64H,3-5,7,9-11,13,15-17,19,21-23,25-35,37-40,42,44-46,48,50-53,55,57-58H2,1-2H3,(H,62,65)/b8-6-,14-12-,20-18-,36-24-,43-41-,49-47-,56-54+. The van der Waals surface area contributed by atoms with Crippen LogP contribution >= 0.6 is 0 Å². The molecule has 0 aromatic heterocycles. The van der Waals surface area contributed by atoms with Crippen LogP contribution in [0.1, 0.15) is 277 Å². The van der Waals surface area contributed by atoms with Crippen LogP contribution in [-0.2, 0) is 4.79 Å². The largest absolute Gasteiger partial charge is 0.394 e. The smallest absolute Gasteiger partial charge is 0.220 e. The van der Waals surface area contributed by atoms with E-state index in [1.807, 2.05) is 6.08 Å². The van der Waals surface area contributed by atoms with Gasteiger partial charge < -0.3 is 15.5 Å². The number of nitrogens with one attached hydrogen (secondary N) is 1. The van der Waals surface area contributed by atoms with Crippen molar-refractivity contribution in [1.82, 2.24) is 5.32 Å². The number of aliphatic hydroxyl groups is 2. The molecule has 0 saturated heterocycles. The van der Waals surface area contributed by atoms with Gasteiger partial charge in [-0.15, -0.1) is 0 Å². The molecule has 65 heavy (non-hydrogen) atoms. The van der Waals surface area contributed by atoms with Gasteiger partial charge in [-0.2, -0.15) is 0 Å². The number of hydrogen-bond donors (Lipinski definition) is 3. The van der Waals surface area contributed by atoms with E-state index in [1.54, 1.807) is 6.08 Å². The molecule has 0 aromatic carbocycles. The Morgan fingerprint density at radius 1 is 0.385 bits per heavy atom. The third kappa shape index (κ3) is 52.4. The van der Waals surface area contributed by atoms with Crippen molar-refractivity contribution in [3.05, 3.63) is 85.1 Å². The third-order valence-corrected chi connectivity index (χ3v) is 12.6. The van der Waals surface area contributed by atoms with E-state index in [0.29, 0.717) is 6.42 Å². The molecule has 1 amide bonds. The molecule has 0 rings (SSSR count). The van der Waals surface area contributed by atoms with Crippen LogP contribution in [0.4, 0.5) is 0 Å². The van der Waals surface area contributed by atoms with Crippen LogP contribution in [0.5, 0.6) is 0 Å². The van der Waals surface area contributed by atoms with E-state index >= 15 is 0 Å². The number of aliphatic hydroxyl groups excluding tert-OH is 2. The average Bonchev–Trinajstić information content (AvgIpc) is 3.31. The number of unbranched alkanes of at least 4 members (excludes halogenated alkanes) is 32. The fourth-order valence-corrected chi connectivity index (χ4v) is 8.36. The predicted molar refractivity (Wildman–Crippen MR) is 290 cm³/mol. The highest BCUT2D eigenvalue weighted by Gasteiger charge is 2.17. The Balaban J connectivity index is 3.55. The molecule has 0 heterocycles. The minimum Gasteiger partial charge on any atom is -0.394 e. The fourth-order valence-electron chi connectivity index (χ4n) is 8.36. The Morgan fingerprint density at radius 2 is 0.677 bits per heavy atom. The molecule has 0 bridgehead atoms. The first kappa shape index (κ1) is 62.6. The SMILES string of the molecule is CC/C=C\C/C=C\C/C=C\C/C=C\C/C=C\C/C=C\CCCCC(=O)NC(CO)C(O)/C=C/CCCCCCCCCCCCCCCCCCCCCCCCCCCCCCCC. The van der Waals surface area contributed by atoms with Crippen LogP contribution in [0.3, 0.4) is 0 Å². The van der Waals surface area contributed by atoms with Gasteiger partial charge >= 0.3 is 0 Å². The summed E-state index contributed by atoms with van der Waals surface area (Å²) in [7, 11) is 0. The topological polar surface area (TPSA) is 69.6 Å². The number of allylic oxidation sites excluding steroid dienone is 13. The van der Waals surface area contributed by atoms with Crippen molar-refractivity contribution in [2.75, 3.05) is 6.61 Å². The maximum Gasteiger partial charge on any atom is 0.220 e. The van der Waals surface area contributed by atoms with E-state index in [9.17, 15) is 15.0 Å². The van der Waals surface area contributed by atoms with Crippen molar-refractivity contribution in [2.24, 2.45) is 0 Å². The molecule has 376 valence electrons. The van der Waals surface area contributed by atoms with Crippen LogP contribution < -0.4 is 5.32 Å². The summed E-state index contributed by atoms with van der Waals surface area (Å²) in [6.45, 7) is 4.19. The molecule has 2 unspecified atom stereocenters. The first-order valence-electron chi connectivity index (χ1n) is 28.3. The lowest BCUT2D eigenvalue weighted by Gasteiger charge is -2.19. The molecule has 0 fully saturated rings. The molecule has 0 aromatic rings. The first-order valence-corrected chi connectivity index (χ1v) is 28.3. The number of carbonyl (C=O) groups excluding carboxylic acids is 1. The number of carbonyl (C=O) groups is 1. The van der Waals surface area contributed by atoms with Crippen LogP contribution in [0.2, 0.25) is 0 Å². The zero-order chi connectivity index (χ0) is 47.0. The summed E-state index contributed by atoms with van der Waals surface area (Å²) in [5.74, 6) is -0.106. The van der Waals surface area contributed by atoms with Crippen molar-refractivity contribution >= 4 is 5.91 Å². The monoisotopic (exact) mass is 904 g/mol. The summed E-state index contributed by atoms with van der Waals surface area (Å²) in [5, 5.41) is 23.1. The lowest BCUT2D eigenvalue weighted by molar-refractivity contribution is -0.123. The highest BCUT2D eigenvalue weighted by molar-refractivity contribution is 5.76. The Morgan fingerprint density at radius 3 is 1.02 bits per heavy atom. The van der Waals surface area contributed by atoms with Crippen LogP contribution in [0.15, 0.2) is 85.1 Å². The number of amides is 1. The van der Waals surface area contributed by atoms with E-state index in [4.69, 9.17) is 0 Å². The van der Waals surface area contributed by atoms with Gasteiger partial charge in [0.25, 0.3) is 0 Å². The molecule has 2 atom stereocenters. The molecular formula is C61H109NO3. The molecule has 0 aliphatic rings. The van der Waals surface area contributed by atoms with Gasteiger partial charge in [0, 0.05) is 6.42 Å². The molecule has 0 saturated carbocycles. The number of rotatable bonds is 51. The molecule has 0 spiro atoms. The van der Waals surface area contributed by atoms with Gasteiger partial charge in [-0.25, -0.2) is 0 Å². The van der Waals surface area contributed by atoms with Crippen molar-refractivity contribution in [3.8, 4) is 0 Å². The van der Waals surface area contributed by atoms with Crippen LogP contribution in [-0.4, -0.2) is 34.9 Å². The quantitative estimate of drug-likeness (QED) is 0.0421. The maximum absolute atomic E-state index is 12.4. The van der Waals surface area contributed by atoms with E-state index < -0.39 is 12.1 Å². The summed E-state index contributed by atoms with van der Waals surface area (Å²) in [6, 6.07) is -0.652. The highest BCUT2D eigenvalue weighted by atomic mass is 16.3. The summed E-state index contributed by atoms with van der Waals surface area (Å²) < 4.78 is 0. The molecule has 0 aliphatic heterocycles. The summed E-state index contributed by atoms with van der Waals surface area (Å²) in [4.78, 5) is 12.4. The minimum atomic E-state index is -0.864. The lowest BCUT2D eigenvalue weighted by Crippen LogP contribution is -2.45. The Bertz CT molecular complexity index is 1160. The van der Waals surface area contributed by atoms with E-state index in [2.05, 4.69) is 92.1 Å². The summed E-state index contributed by atoms with van der Waals surface area (Å²) >= 11 is 0. The van der Waals surface area contributed by atoms with Gasteiger partial charge in [0.15, 0.2) is 0 Å². The maximum atomic E-state index is 12.4. The molecule has 0 aliphatic carbocycles. The van der Waals surface area contributed by atoms with Crippen molar-refractivity contribution in [3.63, 3.8) is 0 Å². The van der Waals surface area contributed by atoms with Gasteiger partial charge in [0.2, 0.25) is 5.91 Å². The Hall–Kier alpha value is -2.43. The lowest BCUT2D eigenvalue weighted by atomic mass is 10.0. The number of hydrogen-bond acceptors (Lipinski definition) is 3. The molecule has 3 N–H and O–H groups in total. The highest BCUT2D eigenvalue weighted by Crippen LogP contribution is 2.17. The second-order valence-electron chi connectivity index (χ2n) is 19.0. The van der Waals surface area contributed by atoms with Crippen molar-refractivity contribution in [2.45, 2.75) is 289 Å². The Kier molecular flexibility index (Phi) is 53.8. The summed E-state index contributed by atoms with van der Waals surface area (Å²) in [5.41, 5.74) is 0. The molecule has 0 radical (unpaired) electrons.